The molecule has 15 heavy (non-hydrogen) atoms. The molecule has 0 amide bonds. The van der Waals surface area contributed by atoms with Gasteiger partial charge in [0.2, 0.25) is 0 Å². The number of hydrogen-bond donors (Lipinski definition) is 0. The average Bonchev–Trinajstić information content (AvgIpc) is 2.74. The summed E-state index contributed by atoms with van der Waals surface area (Å²) >= 11 is 0. The number of likely N-dealkylation sites (tertiary alicyclic amines) is 1. The summed E-state index contributed by atoms with van der Waals surface area (Å²) < 4.78 is 0. The van der Waals surface area contributed by atoms with Gasteiger partial charge in [0.05, 0.1) is 0 Å². The van der Waals surface area contributed by atoms with Crippen LogP contribution in [0.25, 0.3) is 0 Å². The van der Waals surface area contributed by atoms with Crippen LogP contribution in [0, 0.1) is 17.8 Å². The number of fused-ring (bicyclic) bond motifs is 2. The van der Waals surface area contributed by atoms with Crippen molar-refractivity contribution in [3.63, 3.8) is 0 Å². The van der Waals surface area contributed by atoms with Crippen LogP contribution in [0.2, 0.25) is 0 Å². The molecule has 3 atom stereocenters. The molecule has 1 saturated heterocycles. The molecule has 1 heterocycles. The van der Waals surface area contributed by atoms with Gasteiger partial charge in [-0.1, -0.05) is 13.8 Å². The van der Waals surface area contributed by atoms with E-state index in [-0.39, 0.29) is 5.92 Å². The van der Waals surface area contributed by atoms with Crippen LogP contribution in [-0.4, -0.2) is 29.3 Å². The van der Waals surface area contributed by atoms with Gasteiger partial charge in [-0.3, -0.25) is 9.69 Å². The summed E-state index contributed by atoms with van der Waals surface area (Å²) in [5.74, 6) is 1.77. The molecule has 1 unspecified atom stereocenters. The van der Waals surface area contributed by atoms with Crippen LogP contribution >= 0.6 is 0 Å². The van der Waals surface area contributed by atoms with Crippen molar-refractivity contribution in [2.45, 2.75) is 52.6 Å². The van der Waals surface area contributed by atoms with Crippen molar-refractivity contribution in [3.8, 4) is 0 Å². The lowest BCUT2D eigenvalue weighted by Gasteiger charge is -2.34. The summed E-state index contributed by atoms with van der Waals surface area (Å²) in [6, 6.07) is 1.35. The van der Waals surface area contributed by atoms with E-state index in [2.05, 4.69) is 18.7 Å². The molecule has 2 nitrogen and oxygen atoms in total. The number of Topliss-reactive ketones (excluding diaryl/α,β-unsaturated/α-hetero) is 1. The van der Waals surface area contributed by atoms with Crippen LogP contribution in [0.3, 0.4) is 0 Å². The van der Waals surface area contributed by atoms with Crippen LogP contribution in [0.4, 0.5) is 0 Å². The molecule has 2 aliphatic rings. The largest absolute Gasteiger partial charge is 0.299 e. The Balaban J connectivity index is 2.00. The normalized spacial score (nSPS) is 35.7. The van der Waals surface area contributed by atoms with Gasteiger partial charge < -0.3 is 0 Å². The highest BCUT2D eigenvalue weighted by molar-refractivity contribution is 5.83. The van der Waals surface area contributed by atoms with E-state index in [0.717, 1.165) is 13.0 Å². The van der Waals surface area contributed by atoms with Crippen LogP contribution < -0.4 is 0 Å². The fourth-order valence-corrected chi connectivity index (χ4v) is 3.40. The highest BCUT2D eigenvalue weighted by Crippen LogP contribution is 2.44. The van der Waals surface area contributed by atoms with Gasteiger partial charge in [0.25, 0.3) is 0 Å². The van der Waals surface area contributed by atoms with E-state index >= 15 is 0 Å². The Bertz CT molecular complexity index is 259. The van der Waals surface area contributed by atoms with Crippen molar-refractivity contribution in [3.05, 3.63) is 0 Å². The number of carbonyl (C=O) groups is 1. The van der Waals surface area contributed by atoms with Gasteiger partial charge in [-0.15, -0.1) is 0 Å². The molecule has 2 rings (SSSR count). The fourth-order valence-electron chi connectivity index (χ4n) is 3.40. The number of nitrogens with zero attached hydrogens (tertiary/aromatic N) is 1. The predicted molar refractivity (Wildman–Crippen MR) is 61.7 cm³/mol. The van der Waals surface area contributed by atoms with Crippen molar-refractivity contribution in [1.29, 1.82) is 0 Å². The van der Waals surface area contributed by atoms with Crippen LogP contribution in [0.1, 0.15) is 40.5 Å². The molecule has 0 aromatic heterocycles. The fraction of sp³-hybridized carbons (Fsp3) is 0.923. The van der Waals surface area contributed by atoms with Gasteiger partial charge in [-0.2, -0.15) is 0 Å². The zero-order chi connectivity index (χ0) is 11.2. The number of hydrogen-bond acceptors (Lipinski definition) is 2. The third-order valence-electron chi connectivity index (χ3n) is 4.18. The zero-order valence-electron chi connectivity index (χ0n) is 10.4. The standard InChI is InChI=1S/C13H23NO/c1-8(2)13(15)12-6-11-5-10(12)7-14(11)9(3)4/h8-12H,5-7H2,1-4H3/t10-,11-,12?/m0/s1. The maximum atomic E-state index is 12.0. The Labute approximate surface area is 93.0 Å². The summed E-state index contributed by atoms with van der Waals surface area (Å²) in [5.41, 5.74) is 0. The number of rotatable bonds is 3. The Morgan fingerprint density at radius 2 is 1.87 bits per heavy atom. The van der Waals surface area contributed by atoms with Crippen LogP contribution in [-0.2, 0) is 4.79 Å². The lowest BCUT2D eigenvalue weighted by molar-refractivity contribution is -0.127. The Hall–Kier alpha value is -0.370. The van der Waals surface area contributed by atoms with Crippen molar-refractivity contribution in [1.82, 2.24) is 4.90 Å². The monoisotopic (exact) mass is 209 g/mol. The maximum Gasteiger partial charge on any atom is 0.138 e. The van der Waals surface area contributed by atoms with E-state index in [1.165, 1.54) is 6.42 Å². The summed E-state index contributed by atoms with van der Waals surface area (Å²) in [7, 11) is 0. The summed E-state index contributed by atoms with van der Waals surface area (Å²) in [4.78, 5) is 14.6. The zero-order valence-corrected chi connectivity index (χ0v) is 10.4. The minimum Gasteiger partial charge on any atom is -0.299 e. The first kappa shape index (κ1) is 11.1. The number of ketones is 1. The topological polar surface area (TPSA) is 20.3 Å². The second kappa shape index (κ2) is 3.89. The van der Waals surface area contributed by atoms with Crippen LogP contribution in [0.15, 0.2) is 0 Å². The molecule has 0 aromatic rings. The Morgan fingerprint density at radius 3 is 2.27 bits per heavy atom. The maximum absolute atomic E-state index is 12.0. The van der Waals surface area contributed by atoms with Gasteiger partial charge in [0.1, 0.15) is 5.78 Å². The summed E-state index contributed by atoms with van der Waals surface area (Å²) in [6.45, 7) is 9.76. The molecule has 0 spiro atoms. The molecule has 0 aromatic carbocycles. The van der Waals surface area contributed by atoms with Crippen LogP contribution in [0.5, 0.6) is 0 Å². The molecule has 86 valence electrons. The lowest BCUT2D eigenvalue weighted by atomic mass is 9.85. The highest BCUT2D eigenvalue weighted by atomic mass is 16.1. The first-order valence-electron chi connectivity index (χ1n) is 6.30. The second-order valence-corrected chi connectivity index (χ2v) is 5.84. The third-order valence-corrected chi connectivity index (χ3v) is 4.18. The van der Waals surface area contributed by atoms with E-state index in [1.807, 2.05) is 13.8 Å². The average molecular weight is 209 g/mol. The minimum absolute atomic E-state index is 0.224. The van der Waals surface area contributed by atoms with E-state index < -0.39 is 0 Å². The van der Waals surface area contributed by atoms with Crippen molar-refractivity contribution in [2.24, 2.45) is 17.8 Å². The first-order valence-corrected chi connectivity index (χ1v) is 6.30. The smallest absolute Gasteiger partial charge is 0.138 e. The molecule has 1 aliphatic carbocycles. The summed E-state index contributed by atoms with van der Waals surface area (Å²) in [5, 5.41) is 0. The molecule has 2 bridgehead atoms. The van der Waals surface area contributed by atoms with Gasteiger partial charge in [-0.25, -0.2) is 0 Å². The molecule has 1 aliphatic heterocycles. The quantitative estimate of drug-likeness (QED) is 0.711. The molecular formula is C13H23NO. The molecule has 2 fully saturated rings. The Kier molecular flexibility index (Phi) is 2.89. The first-order chi connectivity index (χ1) is 7.00. The van der Waals surface area contributed by atoms with Gasteiger partial charge >= 0.3 is 0 Å². The molecule has 0 N–H and O–H groups in total. The minimum atomic E-state index is 0.224. The van der Waals surface area contributed by atoms with Gasteiger partial charge in [-0.05, 0) is 32.6 Å². The second-order valence-electron chi connectivity index (χ2n) is 5.84. The molecular weight excluding hydrogens is 186 g/mol. The predicted octanol–water partition coefficient (Wildman–Crippen LogP) is 2.33. The van der Waals surface area contributed by atoms with E-state index in [1.54, 1.807) is 0 Å². The molecule has 1 saturated carbocycles. The SMILES string of the molecule is CC(C)C(=O)C1C[C@@H]2C[C@H]1CN2C(C)C. The van der Waals surface area contributed by atoms with E-state index in [0.29, 0.717) is 29.7 Å². The number of piperidine rings is 1. The Morgan fingerprint density at radius 1 is 1.20 bits per heavy atom. The lowest BCUT2D eigenvalue weighted by Crippen LogP contribution is -2.42. The molecule has 2 heteroatoms. The third kappa shape index (κ3) is 1.84. The van der Waals surface area contributed by atoms with Gasteiger partial charge in [0.15, 0.2) is 0 Å². The molecule has 0 radical (unpaired) electrons. The van der Waals surface area contributed by atoms with E-state index in [9.17, 15) is 4.79 Å². The van der Waals surface area contributed by atoms with Crippen molar-refractivity contribution < 1.29 is 4.79 Å². The number of carbonyl (C=O) groups excluding carboxylic acids is 1. The van der Waals surface area contributed by atoms with E-state index in [4.69, 9.17) is 0 Å². The van der Waals surface area contributed by atoms with Crippen molar-refractivity contribution in [2.75, 3.05) is 6.54 Å². The highest BCUT2D eigenvalue weighted by Gasteiger charge is 2.47. The van der Waals surface area contributed by atoms with Gasteiger partial charge in [0, 0.05) is 30.5 Å². The van der Waals surface area contributed by atoms with Crippen molar-refractivity contribution >= 4 is 5.78 Å². The summed E-state index contributed by atoms with van der Waals surface area (Å²) in [6.07, 6.45) is 2.39.